The minimum absolute atomic E-state index is 0.0109. The molecule has 0 unspecified atom stereocenters. The lowest BCUT2D eigenvalue weighted by molar-refractivity contribution is -0.122. The standard InChI is InChI=1S/C28H31ClFN5O4/c1-17(2)18-7-4-5-8-20(18)28(15-34(16-28)24-9-10-25(37)35(33-24)11-6-12-36)27(39)32-23-14-22(30)21(29)13-19(23)26(38)31-3/h4-5,7-10,13-14,17,36H,6,11-12,15-16H2,1-3H3,(H,31,38)(H,32,39). The minimum atomic E-state index is -1.05. The summed E-state index contributed by atoms with van der Waals surface area (Å²) >= 11 is 5.93. The molecular weight excluding hydrogens is 525 g/mol. The molecule has 1 aliphatic rings. The Morgan fingerprint density at radius 1 is 1.18 bits per heavy atom. The molecule has 0 bridgehead atoms. The predicted octanol–water partition coefficient (Wildman–Crippen LogP) is 3.30. The van der Waals surface area contributed by atoms with Crippen molar-refractivity contribution in [2.75, 3.05) is 37.0 Å². The molecule has 0 radical (unpaired) electrons. The summed E-state index contributed by atoms with van der Waals surface area (Å²) in [6, 6.07) is 12.9. The van der Waals surface area contributed by atoms with Gasteiger partial charge in [0.15, 0.2) is 0 Å². The summed E-state index contributed by atoms with van der Waals surface area (Å²) < 4.78 is 15.7. The summed E-state index contributed by atoms with van der Waals surface area (Å²) in [7, 11) is 1.43. The Kier molecular flexibility index (Phi) is 8.36. The van der Waals surface area contributed by atoms with E-state index in [2.05, 4.69) is 15.7 Å². The van der Waals surface area contributed by atoms with Crippen molar-refractivity contribution in [3.63, 3.8) is 0 Å². The number of aliphatic hydroxyl groups is 1. The van der Waals surface area contributed by atoms with Crippen molar-refractivity contribution in [2.24, 2.45) is 0 Å². The van der Waals surface area contributed by atoms with Gasteiger partial charge in [-0.25, -0.2) is 9.07 Å². The number of anilines is 2. The van der Waals surface area contributed by atoms with E-state index in [-0.39, 0.29) is 54.0 Å². The fourth-order valence-corrected chi connectivity index (χ4v) is 5.01. The molecule has 0 spiro atoms. The molecule has 1 fully saturated rings. The number of hydrogen-bond donors (Lipinski definition) is 3. The minimum Gasteiger partial charge on any atom is -0.396 e. The first-order valence-corrected chi connectivity index (χ1v) is 13.0. The Morgan fingerprint density at radius 2 is 1.90 bits per heavy atom. The van der Waals surface area contributed by atoms with Crippen LogP contribution in [0, 0.1) is 5.82 Å². The third-order valence-corrected chi connectivity index (χ3v) is 7.23. The van der Waals surface area contributed by atoms with Gasteiger partial charge in [-0.1, -0.05) is 49.7 Å². The van der Waals surface area contributed by atoms with Crippen LogP contribution in [0.5, 0.6) is 0 Å². The third-order valence-electron chi connectivity index (χ3n) is 6.94. The van der Waals surface area contributed by atoms with Crippen LogP contribution in [-0.4, -0.2) is 53.4 Å². The second-order valence-corrected chi connectivity index (χ2v) is 10.3. The summed E-state index contributed by atoms with van der Waals surface area (Å²) in [6.45, 7) is 4.75. The van der Waals surface area contributed by atoms with E-state index in [0.29, 0.717) is 12.2 Å². The monoisotopic (exact) mass is 555 g/mol. The van der Waals surface area contributed by atoms with E-state index >= 15 is 0 Å². The van der Waals surface area contributed by atoms with Gasteiger partial charge in [0.05, 0.1) is 16.3 Å². The molecule has 4 rings (SSSR count). The van der Waals surface area contributed by atoms with Gasteiger partial charge in [0, 0.05) is 39.4 Å². The third kappa shape index (κ3) is 5.53. The van der Waals surface area contributed by atoms with Gasteiger partial charge in [-0.05, 0) is 41.7 Å². The molecule has 3 aromatic rings. The smallest absolute Gasteiger partial charge is 0.266 e. The van der Waals surface area contributed by atoms with Crippen LogP contribution in [0.2, 0.25) is 5.02 Å². The first-order valence-electron chi connectivity index (χ1n) is 12.7. The Balaban J connectivity index is 1.74. The van der Waals surface area contributed by atoms with Crippen molar-refractivity contribution in [1.29, 1.82) is 0 Å². The van der Waals surface area contributed by atoms with Gasteiger partial charge >= 0.3 is 0 Å². The molecule has 39 heavy (non-hydrogen) atoms. The molecule has 1 aromatic heterocycles. The number of nitrogens with zero attached hydrogens (tertiary/aromatic N) is 3. The highest BCUT2D eigenvalue weighted by atomic mass is 35.5. The number of halogens is 2. The van der Waals surface area contributed by atoms with Gasteiger partial charge in [-0.2, -0.15) is 5.10 Å². The number of aryl methyl sites for hydroxylation is 1. The number of benzene rings is 2. The van der Waals surface area contributed by atoms with Gasteiger partial charge in [0.2, 0.25) is 5.91 Å². The second kappa shape index (κ2) is 11.5. The molecular formula is C28H31ClFN5O4. The van der Waals surface area contributed by atoms with Crippen molar-refractivity contribution >= 4 is 34.9 Å². The number of amides is 2. The fraction of sp³-hybridized carbons (Fsp3) is 0.357. The normalized spacial score (nSPS) is 14.2. The molecule has 2 aromatic carbocycles. The van der Waals surface area contributed by atoms with E-state index in [0.717, 1.165) is 17.2 Å². The predicted molar refractivity (Wildman–Crippen MR) is 148 cm³/mol. The van der Waals surface area contributed by atoms with E-state index in [9.17, 15) is 18.8 Å². The quantitative estimate of drug-likeness (QED) is 0.373. The summed E-state index contributed by atoms with van der Waals surface area (Å²) in [5.41, 5.74) is 0.522. The number of rotatable bonds is 9. The van der Waals surface area contributed by atoms with E-state index in [1.165, 1.54) is 23.9 Å². The van der Waals surface area contributed by atoms with Crippen molar-refractivity contribution in [3.05, 3.63) is 86.4 Å². The average molecular weight is 556 g/mol. The first-order chi connectivity index (χ1) is 18.6. The van der Waals surface area contributed by atoms with Gasteiger partial charge in [0.1, 0.15) is 17.1 Å². The Hall–Kier alpha value is -3.76. The summed E-state index contributed by atoms with van der Waals surface area (Å²) in [5, 5.41) is 18.6. The number of aromatic nitrogens is 2. The highest BCUT2D eigenvalue weighted by molar-refractivity contribution is 6.31. The first kappa shape index (κ1) is 28.3. The van der Waals surface area contributed by atoms with E-state index in [1.54, 1.807) is 6.07 Å². The lowest BCUT2D eigenvalue weighted by Crippen LogP contribution is -2.66. The zero-order valence-corrected chi connectivity index (χ0v) is 22.8. The molecule has 0 aliphatic carbocycles. The Bertz CT molecular complexity index is 1450. The maximum Gasteiger partial charge on any atom is 0.266 e. The topological polar surface area (TPSA) is 117 Å². The van der Waals surface area contributed by atoms with Gasteiger partial charge in [-0.15, -0.1) is 0 Å². The Labute approximate surface area is 230 Å². The molecule has 206 valence electrons. The lowest BCUT2D eigenvalue weighted by atomic mass is 9.69. The highest BCUT2D eigenvalue weighted by Crippen LogP contribution is 2.41. The van der Waals surface area contributed by atoms with Crippen LogP contribution in [0.4, 0.5) is 15.9 Å². The zero-order valence-electron chi connectivity index (χ0n) is 22.0. The van der Waals surface area contributed by atoms with Gasteiger partial charge in [0.25, 0.3) is 11.5 Å². The maximum absolute atomic E-state index is 14.4. The summed E-state index contributed by atoms with van der Waals surface area (Å²) in [5.74, 6) is -1.06. The van der Waals surface area contributed by atoms with Crippen LogP contribution in [0.15, 0.2) is 53.3 Å². The molecule has 2 heterocycles. The number of carbonyl (C=O) groups is 2. The SMILES string of the molecule is CNC(=O)c1cc(Cl)c(F)cc1NC(=O)C1(c2ccccc2C(C)C)CN(c2ccc(=O)n(CCCO)n2)C1. The largest absolute Gasteiger partial charge is 0.396 e. The molecule has 0 saturated carbocycles. The number of aliphatic hydroxyl groups excluding tert-OH is 1. The molecule has 3 N–H and O–H groups in total. The molecule has 1 saturated heterocycles. The molecule has 1 aliphatic heterocycles. The highest BCUT2D eigenvalue weighted by Gasteiger charge is 2.52. The second-order valence-electron chi connectivity index (χ2n) is 9.86. The lowest BCUT2D eigenvalue weighted by Gasteiger charge is -2.50. The number of hydrogen-bond acceptors (Lipinski definition) is 6. The van der Waals surface area contributed by atoms with Gasteiger partial charge in [-0.3, -0.25) is 14.4 Å². The molecule has 9 nitrogen and oxygen atoms in total. The van der Waals surface area contributed by atoms with Crippen molar-refractivity contribution in [3.8, 4) is 0 Å². The Morgan fingerprint density at radius 3 is 2.56 bits per heavy atom. The van der Waals surface area contributed by atoms with Crippen LogP contribution in [-0.2, 0) is 16.8 Å². The molecule has 2 amide bonds. The van der Waals surface area contributed by atoms with Gasteiger partial charge < -0.3 is 20.6 Å². The van der Waals surface area contributed by atoms with E-state index in [4.69, 9.17) is 16.7 Å². The van der Waals surface area contributed by atoms with Crippen LogP contribution in [0.1, 0.15) is 47.7 Å². The van der Waals surface area contributed by atoms with Crippen LogP contribution in [0.3, 0.4) is 0 Å². The van der Waals surface area contributed by atoms with Crippen molar-refractivity contribution in [1.82, 2.24) is 15.1 Å². The van der Waals surface area contributed by atoms with E-state index in [1.807, 2.05) is 43.0 Å². The van der Waals surface area contributed by atoms with Crippen molar-refractivity contribution < 1.29 is 19.1 Å². The number of nitrogens with one attached hydrogen (secondary N) is 2. The van der Waals surface area contributed by atoms with Crippen molar-refractivity contribution in [2.45, 2.75) is 38.1 Å². The zero-order chi connectivity index (χ0) is 28.3. The maximum atomic E-state index is 14.4. The summed E-state index contributed by atoms with van der Waals surface area (Å²) in [6.07, 6.45) is 0.385. The average Bonchev–Trinajstić information content (AvgIpc) is 2.89. The van der Waals surface area contributed by atoms with E-state index < -0.39 is 23.0 Å². The fourth-order valence-electron chi connectivity index (χ4n) is 4.84. The number of carbonyl (C=O) groups excluding carboxylic acids is 2. The molecule has 11 heteroatoms. The molecule has 0 atom stereocenters. The van der Waals surface area contributed by atoms with Crippen LogP contribution in [0.25, 0.3) is 0 Å². The summed E-state index contributed by atoms with van der Waals surface area (Å²) in [4.78, 5) is 40.7. The van der Waals surface area contributed by atoms with Crippen LogP contribution >= 0.6 is 11.6 Å². The van der Waals surface area contributed by atoms with Crippen LogP contribution < -0.4 is 21.1 Å².